The number of nitrogens with one attached hydrogen (secondary N) is 1. The summed E-state index contributed by atoms with van der Waals surface area (Å²) in [6.07, 6.45) is 4.47. The van der Waals surface area contributed by atoms with E-state index in [1.165, 1.54) is 17.7 Å². The lowest BCUT2D eigenvalue weighted by Crippen LogP contribution is -2.32. The van der Waals surface area contributed by atoms with Gasteiger partial charge < -0.3 is 5.32 Å². The molecule has 0 aromatic heterocycles. The third-order valence-corrected chi connectivity index (χ3v) is 2.38. The average molecular weight is 187 g/mol. The second kappa shape index (κ2) is 7.69. The van der Waals surface area contributed by atoms with Gasteiger partial charge in [0.05, 0.1) is 0 Å². The van der Waals surface area contributed by atoms with E-state index in [2.05, 4.69) is 32.0 Å². The summed E-state index contributed by atoms with van der Waals surface area (Å²) in [4.78, 5) is 0. The SMILES string of the molecule is C=C(C)CC(CSC)NCCC. The van der Waals surface area contributed by atoms with Crippen LogP contribution >= 0.6 is 11.8 Å². The van der Waals surface area contributed by atoms with Crippen LogP contribution in [0.2, 0.25) is 0 Å². The van der Waals surface area contributed by atoms with Crippen molar-refractivity contribution in [2.24, 2.45) is 0 Å². The van der Waals surface area contributed by atoms with Gasteiger partial charge in [-0.05, 0) is 32.6 Å². The quantitative estimate of drug-likeness (QED) is 0.615. The van der Waals surface area contributed by atoms with Crippen LogP contribution in [0.5, 0.6) is 0 Å². The fourth-order valence-electron chi connectivity index (χ4n) is 1.16. The van der Waals surface area contributed by atoms with Crippen LogP contribution in [0.3, 0.4) is 0 Å². The highest BCUT2D eigenvalue weighted by molar-refractivity contribution is 7.98. The lowest BCUT2D eigenvalue weighted by atomic mass is 10.1. The van der Waals surface area contributed by atoms with Gasteiger partial charge in [-0.15, -0.1) is 6.58 Å². The molecule has 0 aromatic rings. The second-order valence-corrected chi connectivity index (χ2v) is 4.18. The van der Waals surface area contributed by atoms with Crippen LogP contribution in [-0.4, -0.2) is 24.6 Å². The first-order chi connectivity index (χ1) is 5.70. The first-order valence-corrected chi connectivity index (χ1v) is 5.96. The van der Waals surface area contributed by atoms with Gasteiger partial charge in [0, 0.05) is 11.8 Å². The highest BCUT2D eigenvalue weighted by Gasteiger charge is 2.05. The molecule has 72 valence electrons. The van der Waals surface area contributed by atoms with Crippen LogP contribution in [0.25, 0.3) is 0 Å². The molecule has 0 saturated heterocycles. The van der Waals surface area contributed by atoms with Gasteiger partial charge in [0.1, 0.15) is 0 Å². The molecule has 0 amide bonds. The second-order valence-electron chi connectivity index (χ2n) is 3.27. The van der Waals surface area contributed by atoms with Crippen molar-refractivity contribution in [1.29, 1.82) is 0 Å². The topological polar surface area (TPSA) is 12.0 Å². The summed E-state index contributed by atoms with van der Waals surface area (Å²) >= 11 is 1.90. The Bertz CT molecular complexity index is 123. The van der Waals surface area contributed by atoms with Crippen molar-refractivity contribution >= 4 is 11.8 Å². The smallest absolute Gasteiger partial charge is 0.0195 e. The Labute approximate surface area is 81.0 Å². The third-order valence-electron chi connectivity index (χ3n) is 1.65. The van der Waals surface area contributed by atoms with Crippen LogP contribution in [-0.2, 0) is 0 Å². The van der Waals surface area contributed by atoms with Gasteiger partial charge in [-0.2, -0.15) is 11.8 Å². The summed E-state index contributed by atoms with van der Waals surface area (Å²) in [5.74, 6) is 1.19. The van der Waals surface area contributed by atoms with Crippen LogP contribution in [0.15, 0.2) is 12.2 Å². The van der Waals surface area contributed by atoms with Crippen molar-refractivity contribution < 1.29 is 0 Å². The van der Waals surface area contributed by atoms with Gasteiger partial charge in [0.15, 0.2) is 0 Å². The molecule has 0 aliphatic carbocycles. The number of hydrogen-bond donors (Lipinski definition) is 1. The molecule has 0 fully saturated rings. The Kier molecular flexibility index (Phi) is 7.72. The third kappa shape index (κ3) is 6.74. The van der Waals surface area contributed by atoms with Gasteiger partial charge >= 0.3 is 0 Å². The summed E-state index contributed by atoms with van der Waals surface area (Å²) in [5, 5.41) is 3.52. The van der Waals surface area contributed by atoms with Crippen molar-refractivity contribution in [3.63, 3.8) is 0 Å². The van der Waals surface area contributed by atoms with E-state index >= 15 is 0 Å². The van der Waals surface area contributed by atoms with Crippen LogP contribution in [0.4, 0.5) is 0 Å². The van der Waals surface area contributed by atoms with Gasteiger partial charge in [-0.3, -0.25) is 0 Å². The fourth-order valence-corrected chi connectivity index (χ4v) is 1.80. The van der Waals surface area contributed by atoms with E-state index < -0.39 is 0 Å². The van der Waals surface area contributed by atoms with E-state index in [1.807, 2.05) is 11.8 Å². The summed E-state index contributed by atoms with van der Waals surface area (Å²) in [6, 6.07) is 0.623. The minimum atomic E-state index is 0.623. The number of thioether (sulfide) groups is 1. The van der Waals surface area contributed by atoms with Gasteiger partial charge in [0.25, 0.3) is 0 Å². The molecule has 0 rings (SSSR count). The summed E-state index contributed by atoms with van der Waals surface area (Å²) in [5.41, 5.74) is 1.28. The molecular weight excluding hydrogens is 166 g/mol. The Morgan fingerprint density at radius 2 is 2.25 bits per heavy atom. The number of rotatable bonds is 7. The van der Waals surface area contributed by atoms with E-state index in [0.29, 0.717) is 6.04 Å². The molecule has 0 aromatic carbocycles. The zero-order valence-corrected chi connectivity index (χ0v) is 9.34. The molecule has 1 unspecified atom stereocenters. The van der Waals surface area contributed by atoms with Crippen molar-refractivity contribution in [3.8, 4) is 0 Å². The lowest BCUT2D eigenvalue weighted by molar-refractivity contribution is 0.549. The molecule has 12 heavy (non-hydrogen) atoms. The zero-order chi connectivity index (χ0) is 9.40. The Balaban J connectivity index is 3.61. The monoisotopic (exact) mass is 187 g/mol. The van der Waals surface area contributed by atoms with Gasteiger partial charge in [-0.1, -0.05) is 12.5 Å². The van der Waals surface area contributed by atoms with Crippen LogP contribution in [0, 0.1) is 0 Å². The molecule has 0 bridgehead atoms. The summed E-state index contributed by atoms with van der Waals surface area (Å²) in [7, 11) is 0. The van der Waals surface area contributed by atoms with Gasteiger partial charge in [-0.25, -0.2) is 0 Å². The van der Waals surface area contributed by atoms with E-state index in [0.717, 1.165) is 13.0 Å². The van der Waals surface area contributed by atoms with E-state index in [-0.39, 0.29) is 0 Å². The molecule has 1 nitrogen and oxygen atoms in total. The molecular formula is C10H21NS. The first kappa shape index (κ1) is 12.0. The van der Waals surface area contributed by atoms with Crippen LogP contribution in [0.1, 0.15) is 26.7 Å². The minimum absolute atomic E-state index is 0.623. The Morgan fingerprint density at radius 1 is 1.58 bits per heavy atom. The molecule has 0 radical (unpaired) electrons. The predicted octanol–water partition coefficient (Wildman–Crippen LogP) is 2.68. The average Bonchev–Trinajstić information content (AvgIpc) is 2.00. The number of hydrogen-bond acceptors (Lipinski definition) is 2. The van der Waals surface area contributed by atoms with Crippen molar-refractivity contribution in [2.75, 3.05) is 18.6 Å². The Morgan fingerprint density at radius 3 is 2.67 bits per heavy atom. The normalized spacial score (nSPS) is 12.9. The predicted molar refractivity (Wildman–Crippen MR) is 59.9 cm³/mol. The molecule has 0 aliphatic heterocycles. The summed E-state index contributed by atoms with van der Waals surface area (Å²) < 4.78 is 0. The molecule has 1 atom stereocenters. The van der Waals surface area contributed by atoms with Crippen molar-refractivity contribution in [3.05, 3.63) is 12.2 Å². The minimum Gasteiger partial charge on any atom is -0.313 e. The van der Waals surface area contributed by atoms with Crippen LogP contribution < -0.4 is 5.32 Å². The fraction of sp³-hybridized carbons (Fsp3) is 0.800. The first-order valence-electron chi connectivity index (χ1n) is 4.57. The maximum atomic E-state index is 3.94. The van der Waals surface area contributed by atoms with E-state index in [9.17, 15) is 0 Å². The molecule has 0 saturated carbocycles. The maximum absolute atomic E-state index is 3.94. The zero-order valence-electron chi connectivity index (χ0n) is 8.52. The maximum Gasteiger partial charge on any atom is 0.0195 e. The molecule has 1 N–H and O–H groups in total. The van der Waals surface area contributed by atoms with Crippen molar-refractivity contribution in [2.45, 2.75) is 32.7 Å². The lowest BCUT2D eigenvalue weighted by Gasteiger charge is -2.17. The standard InChI is InChI=1S/C10H21NS/c1-5-6-11-10(8-12-4)7-9(2)3/h10-11H,2,5-8H2,1,3-4H3. The van der Waals surface area contributed by atoms with Gasteiger partial charge in [0.2, 0.25) is 0 Å². The van der Waals surface area contributed by atoms with E-state index in [1.54, 1.807) is 0 Å². The Hall–Kier alpha value is 0.0500. The van der Waals surface area contributed by atoms with Crippen molar-refractivity contribution in [1.82, 2.24) is 5.32 Å². The largest absolute Gasteiger partial charge is 0.313 e. The summed E-state index contributed by atoms with van der Waals surface area (Å²) in [6.45, 7) is 9.36. The molecule has 0 heterocycles. The molecule has 0 spiro atoms. The highest BCUT2D eigenvalue weighted by atomic mass is 32.2. The highest BCUT2D eigenvalue weighted by Crippen LogP contribution is 2.07. The molecule has 2 heteroatoms. The van der Waals surface area contributed by atoms with E-state index in [4.69, 9.17) is 0 Å². The molecule has 0 aliphatic rings.